The average molecular weight is 235 g/mol. The largest absolute Gasteiger partial charge is 0.506 e. The van der Waals surface area contributed by atoms with Crippen molar-refractivity contribution >= 4 is 22.5 Å². The number of aryl methyl sites for hydroxylation is 1. The van der Waals surface area contributed by atoms with Crippen molar-refractivity contribution in [2.75, 3.05) is 0 Å². The summed E-state index contributed by atoms with van der Waals surface area (Å²) in [5.41, 5.74) is -0.291. The van der Waals surface area contributed by atoms with Gasteiger partial charge in [0.1, 0.15) is 11.8 Å². The molecule has 0 saturated carbocycles. The molecular formula is C11H7ClN2O2. The highest BCUT2D eigenvalue weighted by Gasteiger charge is 2.13. The van der Waals surface area contributed by atoms with Crippen molar-refractivity contribution in [3.63, 3.8) is 0 Å². The van der Waals surface area contributed by atoms with Gasteiger partial charge >= 0.3 is 0 Å². The van der Waals surface area contributed by atoms with Crippen LogP contribution in [-0.2, 0) is 7.05 Å². The van der Waals surface area contributed by atoms with Gasteiger partial charge in [0.2, 0.25) is 0 Å². The summed E-state index contributed by atoms with van der Waals surface area (Å²) in [6.07, 6.45) is 0. The van der Waals surface area contributed by atoms with Crippen molar-refractivity contribution in [2.45, 2.75) is 0 Å². The van der Waals surface area contributed by atoms with Crippen LogP contribution >= 0.6 is 11.6 Å². The number of hydrogen-bond acceptors (Lipinski definition) is 3. The number of halogens is 1. The van der Waals surface area contributed by atoms with E-state index in [1.807, 2.05) is 0 Å². The summed E-state index contributed by atoms with van der Waals surface area (Å²) in [6, 6.07) is 6.43. The second-order valence-electron chi connectivity index (χ2n) is 3.36. The zero-order chi connectivity index (χ0) is 11.9. The van der Waals surface area contributed by atoms with Gasteiger partial charge in [0, 0.05) is 17.5 Å². The average Bonchev–Trinajstić information content (AvgIpc) is 2.27. The van der Waals surface area contributed by atoms with E-state index in [-0.39, 0.29) is 11.3 Å². The van der Waals surface area contributed by atoms with Crippen LogP contribution in [0.1, 0.15) is 5.56 Å². The van der Waals surface area contributed by atoms with Gasteiger partial charge in [-0.15, -0.1) is 0 Å². The van der Waals surface area contributed by atoms with Crippen LogP contribution in [0.25, 0.3) is 10.9 Å². The number of aromatic nitrogens is 1. The monoisotopic (exact) mass is 234 g/mol. The molecule has 2 rings (SSSR count). The Kier molecular flexibility index (Phi) is 2.33. The molecule has 0 aliphatic carbocycles. The predicted molar refractivity (Wildman–Crippen MR) is 60.6 cm³/mol. The van der Waals surface area contributed by atoms with Gasteiger partial charge in [0.05, 0.1) is 5.52 Å². The fourth-order valence-electron chi connectivity index (χ4n) is 1.60. The first kappa shape index (κ1) is 10.5. The minimum Gasteiger partial charge on any atom is -0.506 e. The van der Waals surface area contributed by atoms with Gasteiger partial charge in [-0.2, -0.15) is 5.26 Å². The number of pyridine rings is 1. The van der Waals surface area contributed by atoms with Gasteiger partial charge < -0.3 is 9.67 Å². The summed E-state index contributed by atoms with van der Waals surface area (Å²) >= 11 is 5.81. The maximum atomic E-state index is 11.7. The highest BCUT2D eigenvalue weighted by Crippen LogP contribution is 2.27. The SMILES string of the molecule is Cn1c(=O)c(C#N)c(O)c2ccc(Cl)cc21. The molecule has 2 aromatic rings. The Labute approximate surface area is 95.9 Å². The molecule has 0 radical (unpaired) electrons. The Hall–Kier alpha value is -1.99. The van der Waals surface area contributed by atoms with Gasteiger partial charge in [-0.1, -0.05) is 11.6 Å². The predicted octanol–water partition coefficient (Wildman–Crippen LogP) is 1.77. The molecule has 16 heavy (non-hydrogen) atoms. The van der Waals surface area contributed by atoms with Crippen LogP contribution in [0.3, 0.4) is 0 Å². The summed E-state index contributed by atoms with van der Waals surface area (Å²) in [5.74, 6) is -0.294. The number of nitriles is 1. The summed E-state index contributed by atoms with van der Waals surface area (Å²) < 4.78 is 1.29. The van der Waals surface area contributed by atoms with Crippen LogP contribution in [0.5, 0.6) is 5.75 Å². The van der Waals surface area contributed by atoms with E-state index in [0.717, 1.165) is 0 Å². The first-order valence-electron chi connectivity index (χ1n) is 4.47. The first-order valence-corrected chi connectivity index (χ1v) is 4.85. The van der Waals surface area contributed by atoms with Crippen molar-refractivity contribution < 1.29 is 5.11 Å². The van der Waals surface area contributed by atoms with E-state index in [1.54, 1.807) is 24.3 Å². The molecule has 0 bridgehead atoms. The number of rotatable bonds is 0. The van der Waals surface area contributed by atoms with Gasteiger partial charge in [0.15, 0.2) is 5.56 Å². The molecule has 0 aliphatic rings. The molecule has 0 amide bonds. The molecule has 0 atom stereocenters. The molecule has 0 spiro atoms. The number of hydrogen-bond donors (Lipinski definition) is 1. The van der Waals surface area contributed by atoms with Crippen LogP contribution in [-0.4, -0.2) is 9.67 Å². The van der Waals surface area contributed by atoms with Crippen LogP contribution in [0.4, 0.5) is 0 Å². The van der Waals surface area contributed by atoms with Gasteiger partial charge in [-0.3, -0.25) is 4.79 Å². The fourth-order valence-corrected chi connectivity index (χ4v) is 1.76. The van der Waals surface area contributed by atoms with Crippen LogP contribution in [0, 0.1) is 11.3 Å². The number of benzene rings is 1. The zero-order valence-corrected chi connectivity index (χ0v) is 9.12. The molecule has 0 aliphatic heterocycles. The van der Waals surface area contributed by atoms with E-state index in [2.05, 4.69) is 0 Å². The number of fused-ring (bicyclic) bond motifs is 1. The normalized spacial score (nSPS) is 10.3. The molecule has 80 valence electrons. The minimum absolute atomic E-state index is 0.252. The van der Waals surface area contributed by atoms with E-state index in [4.69, 9.17) is 16.9 Å². The third kappa shape index (κ3) is 1.34. The van der Waals surface area contributed by atoms with Gasteiger partial charge in [0.25, 0.3) is 5.56 Å². The van der Waals surface area contributed by atoms with Gasteiger partial charge in [-0.05, 0) is 18.2 Å². The van der Waals surface area contributed by atoms with E-state index in [0.29, 0.717) is 15.9 Å². The lowest BCUT2D eigenvalue weighted by molar-refractivity contribution is 0.477. The standard InChI is InChI=1S/C11H7ClN2O2/c1-14-9-4-6(12)2-3-7(9)10(15)8(5-13)11(14)16/h2-4,15H,1H3. The lowest BCUT2D eigenvalue weighted by atomic mass is 10.1. The molecule has 0 unspecified atom stereocenters. The molecule has 1 heterocycles. The number of aromatic hydroxyl groups is 1. The van der Waals surface area contributed by atoms with Crippen molar-refractivity contribution in [1.82, 2.24) is 4.57 Å². The quantitative estimate of drug-likeness (QED) is 0.756. The van der Waals surface area contributed by atoms with Gasteiger partial charge in [-0.25, -0.2) is 0 Å². The molecular weight excluding hydrogens is 228 g/mol. The maximum Gasteiger partial charge on any atom is 0.272 e. The Morgan fingerprint density at radius 2 is 2.19 bits per heavy atom. The smallest absolute Gasteiger partial charge is 0.272 e. The first-order chi connectivity index (χ1) is 7.56. The third-order valence-electron chi connectivity index (χ3n) is 2.44. The molecule has 1 aromatic heterocycles. The minimum atomic E-state index is -0.533. The Balaban J connectivity index is 3.09. The molecule has 5 heteroatoms. The lowest BCUT2D eigenvalue weighted by Crippen LogP contribution is -2.20. The van der Waals surface area contributed by atoms with Crippen molar-refractivity contribution in [1.29, 1.82) is 5.26 Å². The Bertz CT molecular complexity index is 683. The molecule has 0 saturated heterocycles. The van der Waals surface area contributed by atoms with E-state index in [1.165, 1.54) is 11.6 Å². The summed E-state index contributed by atoms with van der Waals surface area (Å²) in [7, 11) is 1.53. The topological polar surface area (TPSA) is 66.0 Å². The zero-order valence-electron chi connectivity index (χ0n) is 8.36. The van der Waals surface area contributed by atoms with Crippen LogP contribution in [0.2, 0.25) is 5.02 Å². The maximum absolute atomic E-state index is 11.7. The number of nitrogens with zero attached hydrogens (tertiary/aromatic N) is 2. The third-order valence-corrected chi connectivity index (χ3v) is 2.68. The van der Waals surface area contributed by atoms with E-state index < -0.39 is 5.56 Å². The van der Waals surface area contributed by atoms with E-state index in [9.17, 15) is 9.90 Å². The highest BCUT2D eigenvalue weighted by molar-refractivity contribution is 6.31. The van der Waals surface area contributed by atoms with Crippen molar-refractivity contribution in [3.8, 4) is 11.8 Å². The molecule has 0 fully saturated rings. The highest BCUT2D eigenvalue weighted by atomic mass is 35.5. The molecule has 4 nitrogen and oxygen atoms in total. The van der Waals surface area contributed by atoms with Crippen LogP contribution in [0.15, 0.2) is 23.0 Å². The summed E-state index contributed by atoms with van der Waals surface area (Å²) in [6.45, 7) is 0. The summed E-state index contributed by atoms with van der Waals surface area (Å²) in [4.78, 5) is 11.7. The fraction of sp³-hybridized carbons (Fsp3) is 0.0909. The second-order valence-corrected chi connectivity index (χ2v) is 3.80. The molecule has 1 N–H and O–H groups in total. The van der Waals surface area contributed by atoms with Crippen LogP contribution < -0.4 is 5.56 Å². The lowest BCUT2D eigenvalue weighted by Gasteiger charge is -2.08. The van der Waals surface area contributed by atoms with Crippen molar-refractivity contribution in [3.05, 3.63) is 39.1 Å². The second kappa shape index (κ2) is 3.54. The van der Waals surface area contributed by atoms with Crippen molar-refractivity contribution in [2.24, 2.45) is 7.05 Å². The Morgan fingerprint density at radius 1 is 1.50 bits per heavy atom. The summed E-state index contributed by atoms with van der Waals surface area (Å²) in [5, 5.41) is 19.5. The Morgan fingerprint density at radius 3 is 2.81 bits per heavy atom. The molecule has 1 aromatic carbocycles. The van der Waals surface area contributed by atoms with E-state index >= 15 is 0 Å².